The van der Waals surface area contributed by atoms with Gasteiger partial charge < -0.3 is 20.1 Å². The van der Waals surface area contributed by atoms with Gasteiger partial charge in [-0.05, 0) is 24.8 Å². The van der Waals surface area contributed by atoms with Gasteiger partial charge in [0.2, 0.25) is 11.9 Å². The highest BCUT2D eigenvalue weighted by Crippen LogP contribution is 2.25. The zero-order valence-corrected chi connectivity index (χ0v) is 21.3. The first-order valence-electron chi connectivity index (χ1n) is 13.3. The molecular formula is C27H32N10O. The van der Waals surface area contributed by atoms with E-state index in [1.165, 1.54) is 5.56 Å². The number of carbonyl (C=O) groups is 1. The zero-order chi connectivity index (χ0) is 25.7. The van der Waals surface area contributed by atoms with Crippen LogP contribution in [0.1, 0.15) is 31.2 Å². The number of imidazole rings is 1. The fourth-order valence-corrected chi connectivity index (χ4v) is 5.18. The van der Waals surface area contributed by atoms with Crippen LogP contribution < -0.4 is 10.6 Å². The highest BCUT2D eigenvalue weighted by atomic mass is 16.2. The Morgan fingerprint density at radius 3 is 2.61 bits per heavy atom. The molecule has 6 rings (SSSR count). The van der Waals surface area contributed by atoms with Crippen LogP contribution >= 0.6 is 0 Å². The Kier molecular flexibility index (Phi) is 7.07. The Morgan fingerprint density at radius 2 is 1.84 bits per heavy atom. The minimum atomic E-state index is 0.218. The number of rotatable bonds is 9. The maximum atomic E-state index is 12.1. The highest BCUT2D eigenvalue weighted by molar-refractivity contribution is 5.85. The topological polar surface area (TPSA) is 117 Å². The molecule has 11 heteroatoms. The zero-order valence-electron chi connectivity index (χ0n) is 21.3. The van der Waals surface area contributed by atoms with E-state index in [0.717, 1.165) is 56.6 Å². The number of piperidine rings is 1. The second-order valence-corrected chi connectivity index (χ2v) is 9.89. The Balaban J connectivity index is 1.19. The Hall–Kier alpha value is -4.12. The van der Waals surface area contributed by atoms with Gasteiger partial charge in [0.15, 0.2) is 22.8 Å². The van der Waals surface area contributed by atoms with Crippen molar-refractivity contribution in [2.45, 2.75) is 44.8 Å². The first-order chi connectivity index (χ1) is 18.7. The lowest BCUT2D eigenvalue weighted by Gasteiger charge is -2.32. The number of amides is 1. The third-order valence-corrected chi connectivity index (χ3v) is 7.23. The predicted octanol–water partition coefficient (Wildman–Crippen LogP) is 3.06. The van der Waals surface area contributed by atoms with Gasteiger partial charge in [-0.25, -0.2) is 9.97 Å². The van der Waals surface area contributed by atoms with E-state index < -0.39 is 0 Å². The molecule has 0 bridgehead atoms. The SMILES string of the molecule is O=C1CCCN1CCn1cnc2c(NC3CCN(Cc4ccccc4)CC3)nc(Nc3cnccn3)nc21. The summed E-state index contributed by atoms with van der Waals surface area (Å²) in [7, 11) is 0. The van der Waals surface area contributed by atoms with Crippen molar-refractivity contribution < 1.29 is 4.79 Å². The minimum absolute atomic E-state index is 0.218. The second kappa shape index (κ2) is 11.1. The normalized spacial score (nSPS) is 16.8. The van der Waals surface area contributed by atoms with Crippen LogP contribution in [0, 0.1) is 0 Å². The Bertz CT molecular complexity index is 1370. The molecule has 3 aromatic heterocycles. The molecule has 2 N–H and O–H groups in total. The van der Waals surface area contributed by atoms with Crippen molar-refractivity contribution >= 4 is 34.7 Å². The maximum absolute atomic E-state index is 12.1. The molecule has 0 aliphatic carbocycles. The van der Waals surface area contributed by atoms with E-state index in [-0.39, 0.29) is 11.9 Å². The lowest BCUT2D eigenvalue weighted by atomic mass is 10.0. The molecule has 5 heterocycles. The maximum Gasteiger partial charge on any atom is 0.232 e. The van der Waals surface area contributed by atoms with Gasteiger partial charge in [0.1, 0.15) is 0 Å². The van der Waals surface area contributed by atoms with Gasteiger partial charge in [0.05, 0.1) is 12.5 Å². The van der Waals surface area contributed by atoms with Crippen LogP contribution in [0.3, 0.4) is 0 Å². The van der Waals surface area contributed by atoms with Crippen LogP contribution in [0.15, 0.2) is 55.2 Å². The molecule has 1 aromatic carbocycles. The van der Waals surface area contributed by atoms with Crippen LogP contribution in [0.5, 0.6) is 0 Å². The molecule has 38 heavy (non-hydrogen) atoms. The fourth-order valence-electron chi connectivity index (χ4n) is 5.18. The molecule has 1 amide bonds. The number of carbonyl (C=O) groups excluding carboxylic acids is 1. The van der Waals surface area contributed by atoms with Gasteiger partial charge in [0.25, 0.3) is 0 Å². The lowest BCUT2D eigenvalue weighted by molar-refractivity contribution is -0.127. The summed E-state index contributed by atoms with van der Waals surface area (Å²) < 4.78 is 2.00. The quantitative estimate of drug-likeness (QED) is 0.349. The van der Waals surface area contributed by atoms with Gasteiger partial charge in [-0.1, -0.05) is 30.3 Å². The van der Waals surface area contributed by atoms with Crippen molar-refractivity contribution in [3.05, 3.63) is 60.8 Å². The second-order valence-electron chi connectivity index (χ2n) is 9.89. The number of hydrogen-bond donors (Lipinski definition) is 2. The van der Waals surface area contributed by atoms with Gasteiger partial charge in [-0.3, -0.25) is 14.7 Å². The summed E-state index contributed by atoms with van der Waals surface area (Å²) in [5.41, 5.74) is 2.80. The molecule has 11 nitrogen and oxygen atoms in total. The standard InChI is InChI=1S/C27H32N10O/c38-23-7-4-12-36(23)15-16-37-19-30-24-25(33-27(34-26(24)37)32-22-17-28-10-11-29-22)31-21-8-13-35(14-9-21)18-20-5-2-1-3-6-20/h1-3,5-6,10-11,17,19,21H,4,7-9,12-16,18H2,(H2,29,31,32,33,34). The van der Waals surface area contributed by atoms with Crippen LogP contribution in [-0.4, -0.2) is 77.4 Å². The fraction of sp³-hybridized carbons (Fsp3) is 0.407. The van der Waals surface area contributed by atoms with Crippen molar-refractivity contribution in [1.82, 2.24) is 39.3 Å². The van der Waals surface area contributed by atoms with Crippen LogP contribution in [0.4, 0.5) is 17.6 Å². The molecule has 0 unspecified atom stereocenters. The average molecular weight is 513 g/mol. The number of benzene rings is 1. The van der Waals surface area contributed by atoms with Crippen LogP contribution in [-0.2, 0) is 17.9 Å². The molecule has 2 aliphatic heterocycles. The summed E-state index contributed by atoms with van der Waals surface area (Å²) in [6, 6.07) is 10.9. The molecule has 196 valence electrons. The molecule has 0 spiro atoms. The lowest BCUT2D eigenvalue weighted by Crippen LogP contribution is -2.38. The summed E-state index contributed by atoms with van der Waals surface area (Å²) in [5, 5.41) is 6.84. The smallest absolute Gasteiger partial charge is 0.232 e. The van der Waals surface area contributed by atoms with E-state index in [1.807, 2.05) is 9.47 Å². The van der Waals surface area contributed by atoms with Gasteiger partial charge in [0, 0.05) is 64.1 Å². The summed E-state index contributed by atoms with van der Waals surface area (Å²) in [6.45, 7) is 5.09. The number of nitrogens with one attached hydrogen (secondary N) is 2. The average Bonchev–Trinajstić information content (AvgIpc) is 3.55. The Labute approximate surface area is 221 Å². The summed E-state index contributed by atoms with van der Waals surface area (Å²) in [4.78, 5) is 39.2. The van der Waals surface area contributed by atoms with E-state index >= 15 is 0 Å². The van der Waals surface area contributed by atoms with E-state index in [2.05, 4.69) is 60.8 Å². The summed E-state index contributed by atoms with van der Waals surface area (Å²) >= 11 is 0. The van der Waals surface area contributed by atoms with E-state index in [1.54, 1.807) is 24.9 Å². The third kappa shape index (κ3) is 5.57. The van der Waals surface area contributed by atoms with Crippen molar-refractivity contribution in [2.75, 3.05) is 36.8 Å². The highest BCUT2D eigenvalue weighted by Gasteiger charge is 2.23. The van der Waals surface area contributed by atoms with E-state index in [9.17, 15) is 4.79 Å². The molecular weight excluding hydrogens is 480 g/mol. The largest absolute Gasteiger partial charge is 0.365 e. The molecule has 2 fully saturated rings. The molecule has 4 aromatic rings. The number of likely N-dealkylation sites (tertiary alicyclic amines) is 2. The van der Waals surface area contributed by atoms with Gasteiger partial charge in [-0.2, -0.15) is 9.97 Å². The van der Waals surface area contributed by atoms with Crippen molar-refractivity contribution in [3.63, 3.8) is 0 Å². The molecule has 2 aliphatic rings. The monoisotopic (exact) mass is 512 g/mol. The van der Waals surface area contributed by atoms with E-state index in [4.69, 9.17) is 9.97 Å². The van der Waals surface area contributed by atoms with Crippen molar-refractivity contribution in [1.29, 1.82) is 0 Å². The first-order valence-corrected chi connectivity index (χ1v) is 13.3. The third-order valence-electron chi connectivity index (χ3n) is 7.23. The van der Waals surface area contributed by atoms with Crippen molar-refractivity contribution in [3.8, 4) is 0 Å². The molecule has 0 saturated carbocycles. The van der Waals surface area contributed by atoms with Crippen molar-refractivity contribution in [2.24, 2.45) is 0 Å². The number of anilines is 3. The molecule has 0 atom stereocenters. The molecule has 2 saturated heterocycles. The number of hydrogen-bond acceptors (Lipinski definition) is 9. The summed E-state index contributed by atoms with van der Waals surface area (Å²) in [5.74, 6) is 1.93. The van der Waals surface area contributed by atoms with Gasteiger partial charge >= 0.3 is 0 Å². The Morgan fingerprint density at radius 1 is 0.974 bits per heavy atom. The number of fused-ring (bicyclic) bond motifs is 1. The van der Waals surface area contributed by atoms with Crippen LogP contribution in [0.25, 0.3) is 11.2 Å². The number of nitrogens with zero attached hydrogens (tertiary/aromatic N) is 8. The number of aromatic nitrogens is 6. The van der Waals surface area contributed by atoms with Crippen LogP contribution in [0.2, 0.25) is 0 Å². The predicted molar refractivity (Wildman–Crippen MR) is 145 cm³/mol. The van der Waals surface area contributed by atoms with Gasteiger partial charge in [-0.15, -0.1) is 0 Å². The van der Waals surface area contributed by atoms with E-state index in [0.29, 0.717) is 37.1 Å². The minimum Gasteiger partial charge on any atom is -0.365 e. The first kappa shape index (κ1) is 24.2. The summed E-state index contributed by atoms with van der Waals surface area (Å²) in [6.07, 6.45) is 10.3. The molecule has 0 radical (unpaired) electrons.